The SMILES string of the molecule is Cc1cnccc1NCCNC(=O)C(C)Oc1ccc(Cl)cc1C. The van der Waals surface area contributed by atoms with Gasteiger partial charge < -0.3 is 15.4 Å². The highest BCUT2D eigenvalue weighted by Gasteiger charge is 2.15. The Hall–Kier alpha value is -2.27. The summed E-state index contributed by atoms with van der Waals surface area (Å²) >= 11 is 5.92. The van der Waals surface area contributed by atoms with Gasteiger partial charge in [0.15, 0.2) is 6.10 Å². The van der Waals surface area contributed by atoms with E-state index in [0.29, 0.717) is 23.9 Å². The van der Waals surface area contributed by atoms with E-state index in [-0.39, 0.29) is 5.91 Å². The lowest BCUT2D eigenvalue weighted by Gasteiger charge is -2.17. The average Bonchev–Trinajstić information content (AvgIpc) is 2.55. The number of nitrogens with one attached hydrogen (secondary N) is 2. The van der Waals surface area contributed by atoms with Crippen molar-refractivity contribution < 1.29 is 9.53 Å². The molecule has 0 radical (unpaired) electrons. The molecule has 0 bridgehead atoms. The van der Waals surface area contributed by atoms with Crippen LogP contribution in [0.1, 0.15) is 18.1 Å². The number of carbonyl (C=O) groups is 1. The van der Waals surface area contributed by atoms with Gasteiger partial charge in [-0.25, -0.2) is 0 Å². The number of benzene rings is 1. The van der Waals surface area contributed by atoms with Crippen molar-refractivity contribution in [2.24, 2.45) is 0 Å². The Bertz CT molecular complexity index is 706. The van der Waals surface area contributed by atoms with Crippen molar-refractivity contribution in [3.63, 3.8) is 0 Å². The lowest BCUT2D eigenvalue weighted by Crippen LogP contribution is -2.38. The number of rotatable bonds is 7. The maximum atomic E-state index is 12.1. The minimum absolute atomic E-state index is 0.155. The zero-order valence-corrected chi connectivity index (χ0v) is 14.9. The minimum atomic E-state index is -0.576. The van der Waals surface area contributed by atoms with E-state index in [1.54, 1.807) is 31.5 Å². The first-order valence-electron chi connectivity index (χ1n) is 7.82. The second kappa shape index (κ2) is 8.55. The third-order valence-corrected chi connectivity index (χ3v) is 3.81. The molecule has 5 nitrogen and oxygen atoms in total. The summed E-state index contributed by atoms with van der Waals surface area (Å²) in [6.45, 7) is 6.74. The van der Waals surface area contributed by atoms with Gasteiger partial charge >= 0.3 is 0 Å². The van der Waals surface area contributed by atoms with Crippen LogP contribution in [-0.2, 0) is 4.79 Å². The van der Waals surface area contributed by atoms with Gasteiger partial charge in [0.05, 0.1) is 0 Å². The number of hydrogen-bond donors (Lipinski definition) is 2. The highest BCUT2D eigenvalue weighted by atomic mass is 35.5. The number of carbonyl (C=O) groups excluding carboxylic acids is 1. The van der Waals surface area contributed by atoms with Crippen LogP contribution in [0.5, 0.6) is 5.75 Å². The minimum Gasteiger partial charge on any atom is -0.481 e. The summed E-state index contributed by atoms with van der Waals surface area (Å²) in [5.74, 6) is 0.505. The van der Waals surface area contributed by atoms with Crippen LogP contribution in [0.15, 0.2) is 36.7 Å². The molecule has 1 atom stereocenters. The van der Waals surface area contributed by atoms with Gasteiger partial charge in [-0.05, 0) is 56.2 Å². The zero-order valence-electron chi connectivity index (χ0n) is 14.1. The third-order valence-electron chi connectivity index (χ3n) is 3.57. The molecule has 0 aliphatic carbocycles. The molecule has 0 saturated carbocycles. The van der Waals surface area contributed by atoms with E-state index >= 15 is 0 Å². The van der Waals surface area contributed by atoms with Crippen LogP contribution in [0.2, 0.25) is 5.02 Å². The van der Waals surface area contributed by atoms with Crippen LogP contribution in [0.25, 0.3) is 0 Å². The fraction of sp³-hybridized carbons (Fsp3) is 0.333. The van der Waals surface area contributed by atoms with Crippen molar-refractivity contribution in [2.75, 3.05) is 18.4 Å². The number of aryl methyl sites for hydroxylation is 2. The Kier molecular flexibility index (Phi) is 6.44. The molecular formula is C18H22ClN3O2. The normalized spacial score (nSPS) is 11.7. The van der Waals surface area contributed by atoms with Crippen molar-refractivity contribution in [3.8, 4) is 5.75 Å². The van der Waals surface area contributed by atoms with Gasteiger partial charge in [-0.3, -0.25) is 9.78 Å². The zero-order chi connectivity index (χ0) is 17.5. The second-order valence-electron chi connectivity index (χ2n) is 5.58. The molecule has 24 heavy (non-hydrogen) atoms. The number of halogens is 1. The van der Waals surface area contributed by atoms with Crippen LogP contribution in [0.3, 0.4) is 0 Å². The van der Waals surface area contributed by atoms with Gasteiger partial charge in [0.2, 0.25) is 0 Å². The largest absolute Gasteiger partial charge is 0.481 e. The number of anilines is 1. The number of ether oxygens (including phenoxy) is 1. The lowest BCUT2D eigenvalue weighted by molar-refractivity contribution is -0.127. The maximum absolute atomic E-state index is 12.1. The van der Waals surface area contributed by atoms with Crippen LogP contribution >= 0.6 is 11.6 Å². The number of amides is 1. The van der Waals surface area contributed by atoms with Gasteiger partial charge in [0.1, 0.15) is 5.75 Å². The molecule has 1 aromatic carbocycles. The summed E-state index contributed by atoms with van der Waals surface area (Å²) in [7, 11) is 0. The fourth-order valence-electron chi connectivity index (χ4n) is 2.19. The van der Waals surface area contributed by atoms with Crippen LogP contribution in [-0.4, -0.2) is 30.1 Å². The lowest BCUT2D eigenvalue weighted by atomic mass is 10.2. The molecule has 1 amide bonds. The van der Waals surface area contributed by atoms with Gasteiger partial charge in [-0.2, -0.15) is 0 Å². The summed E-state index contributed by atoms with van der Waals surface area (Å²) in [4.78, 5) is 16.1. The number of aromatic nitrogens is 1. The molecule has 6 heteroatoms. The molecule has 1 unspecified atom stereocenters. The predicted octanol–water partition coefficient (Wildman–Crippen LogP) is 3.35. The fourth-order valence-corrected chi connectivity index (χ4v) is 2.41. The Balaban J connectivity index is 1.76. The number of hydrogen-bond acceptors (Lipinski definition) is 4. The molecule has 1 heterocycles. The Morgan fingerprint density at radius 3 is 2.75 bits per heavy atom. The first-order valence-corrected chi connectivity index (χ1v) is 8.20. The van der Waals surface area contributed by atoms with Crippen molar-refractivity contribution in [2.45, 2.75) is 26.9 Å². The molecule has 2 rings (SSSR count). The van der Waals surface area contributed by atoms with E-state index in [9.17, 15) is 4.79 Å². The van der Waals surface area contributed by atoms with Gasteiger partial charge in [0.25, 0.3) is 5.91 Å². The van der Waals surface area contributed by atoms with E-state index in [0.717, 1.165) is 16.8 Å². The monoisotopic (exact) mass is 347 g/mol. The Labute approximate surface area is 147 Å². The Morgan fingerprint density at radius 2 is 2.04 bits per heavy atom. The topological polar surface area (TPSA) is 63.2 Å². The van der Waals surface area contributed by atoms with Crippen molar-refractivity contribution in [1.82, 2.24) is 10.3 Å². The van der Waals surface area contributed by atoms with Crippen molar-refractivity contribution >= 4 is 23.2 Å². The van der Waals surface area contributed by atoms with Gasteiger partial charge in [-0.15, -0.1) is 0 Å². The first-order chi connectivity index (χ1) is 11.5. The molecule has 0 spiro atoms. The van der Waals surface area contributed by atoms with Crippen LogP contribution in [0, 0.1) is 13.8 Å². The standard InChI is InChI=1S/C18H22ClN3O2/c1-12-10-15(19)4-5-17(12)24-14(3)18(23)22-9-8-21-16-6-7-20-11-13(16)2/h4-7,10-11,14H,8-9H2,1-3H3,(H,20,21)(H,22,23). The smallest absolute Gasteiger partial charge is 0.260 e. The molecule has 128 valence electrons. The van der Waals surface area contributed by atoms with E-state index in [1.165, 1.54) is 0 Å². The summed E-state index contributed by atoms with van der Waals surface area (Å²) < 4.78 is 5.70. The molecule has 2 aromatic rings. The quantitative estimate of drug-likeness (QED) is 0.754. The van der Waals surface area contributed by atoms with Crippen LogP contribution in [0.4, 0.5) is 5.69 Å². The Morgan fingerprint density at radius 1 is 1.25 bits per heavy atom. The maximum Gasteiger partial charge on any atom is 0.260 e. The second-order valence-corrected chi connectivity index (χ2v) is 6.01. The molecule has 0 saturated heterocycles. The highest BCUT2D eigenvalue weighted by Crippen LogP contribution is 2.22. The van der Waals surface area contributed by atoms with Gasteiger partial charge in [-0.1, -0.05) is 11.6 Å². The van der Waals surface area contributed by atoms with E-state index in [2.05, 4.69) is 15.6 Å². The first kappa shape index (κ1) is 18.1. The molecule has 1 aromatic heterocycles. The van der Waals surface area contributed by atoms with Crippen molar-refractivity contribution in [1.29, 1.82) is 0 Å². The highest BCUT2D eigenvalue weighted by molar-refractivity contribution is 6.30. The van der Waals surface area contributed by atoms with Crippen LogP contribution < -0.4 is 15.4 Å². The molecule has 0 aliphatic heterocycles. The summed E-state index contributed by atoms with van der Waals surface area (Å²) in [5.41, 5.74) is 2.98. The average molecular weight is 348 g/mol. The summed E-state index contributed by atoms with van der Waals surface area (Å²) in [5, 5.41) is 6.76. The van der Waals surface area contributed by atoms with Gasteiger partial charge in [0, 0.05) is 36.2 Å². The number of nitrogens with zero attached hydrogens (tertiary/aromatic N) is 1. The third kappa shape index (κ3) is 5.13. The molecule has 0 fully saturated rings. The van der Waals surface area contributed by atoms with Crippen molar-refractivity contribution in [3.05, 3.63) is 52.8 Å². The van der Waals surface area contributed by atoms with E-state index < -0.39 is 6.10 Å². The van der Waals surface area contributed by atoms with E-state index in [4.69, 9.17) is 16.3 Å². The molecular weight excluding hydrogens is 326 g/mol. The summed E-state index contributed by atoms with van der Waals surface area (Å²) in [6.07, 6.45) is 2.95. The molecule has 0 aliphatic rings. The summed E-state index contributed by atoms with van der Waals surface area (Å²) in [6, 6.07) is 7.24. The van der Waals surface area contributed by atoms with E-state index in [1.807, 2.05) is 26.0 Å². The number of pyridine rings is 1. The predicted molar refractivity (Wildman–Crippen MR) is 96.8 cm³/mol. The molecule has 2 N–H and O–H groups in total.